The fraction of sp³-hybridized carbons (Fsp3) is 0.412. The fourth-order valence-electron chi connectivity index (χ4n) is 3.26. The zero-order valence-electron chi connectivity index (χ0n) is 14.0. The van der Waals surface area contributed by atoms with E-state index in [1.165, 1.54) is 5.56 Å². The fourth-order valence-corrected chi connectivity index (χ4v) is 3.26. The molecule has 130 valence electrons. The maximum absolute atomic E-state index is 9.14. The van der Waals surface area contributed by atoms with Crippen LogP contribution in [-0.2, 0) is 13.1 Å². The second-order valence-electron chi connectivity index (χ2n) is 6.15. The Labute approximate surface area is 145 Å². The molecule has 0 radical (unpaired) electrons. The number of nitrogens with zero attached hydrogens (tertiary/aromatic N) is 7. The number of hydrogen-bond acceptors (Lipinski definition) is 7. The summed E-state index contributed by atoms with van der Waals surface area (Å²) in [6.45, 7) is 5.20. The smallest absolute Gasteiger partial charge is 0.163 e. The van der Waals surface area contributed by atoms with Crippen molar-refractivity contribution >= 4 is 16.9 Å². The van der Waals surface area contributed by atoms with Crippen molar-refractivity contribution in [3.8, 4) is 0 Å². The standard InChI is InChI=1S/C17H21N7O/c25-9-8-24-17-15(11-21-24)16(19-13-20-17)23-6-4-22(5-7-23)12-14-2-1-3-18-10-14/h1-3,10-11,13,25H,4-9,12H2. The van der Waals surface area contributed by atoms with Crippen LogP contribution in [-0.4, -0.2) is 67.5 Å². The number of pyridine rings is 1. The van der Waals surface area contributed by atoms with Gasteiger partial charge in [0, 0.05) is 45.1 Å². The predicted octanol–water partition coefficient (Wildman–Crippen LogP) is 0.536. The summed E-state index contributed by atoms with van der Waals surface area (Å²) < 4.78 is 1.72. The summed E-state index contributed by atoms with van der Waals surface area (Å²) in [6, 6.07) is 4.09. The molecule has 0 unspecified atom stereocenters. The molecule has 4 heterocycles. The molecule has 0 bridgehead atoms. The molecule has 8 heteroatoms. The molecule has 0 spiro atoms. The quantitative estimate of drug-likeness (QED) is 0.726. The third-order valence-corrected chi connectivity index (χ3v) is 4.53. The van der Waals surface area contributed by atoms with Gasteiger partial charge in [-0.05, 0) is 11.6 Å². The number of hydrogen-bond donors (Lipinski definition) is 1. The second kappa shape index (κ2) is 7.12. The molecule has 1 fully saturated rings. The first-order valence-corrected chi connectivity index (χ1v) is 8.49. The molecule has 3 aromatic rings. The van der Waals surface area contributed by atoms with Gasteiger partial charge in [0.25, 0.3) is 0 Å². The second-order valence-corrected chi connectivity index (χ2v) is 6.15. The molecule has 1 aliphatic heterocycles. The molecule has 1 saturated heterocycles. The lowest BCUT2D eigenvalue weighted by Crippen LogP contribution is -2.46. The van der Waals surface area contributed by atoms with E-state index in [1.54, 1.807) is 23.4 Å². The molecule has 4 rings (SSSR count). The number of aromatic nitrogens is 5. The summed E-state index contributed by atoms with van der Waals surface area (Å²) in [6.07, 6.45) is 7.10. The third kappa shape index (κ3) is 3.31. The average molecular weight is 339 g/mol. The monoisotopic (exact) mass is 339 g/mol. The van der Waals surface area contributed by atoms with Gasteiger partial charge in [0.2, 0.25) is 0 Å². The van der Waals surface area contributed by atoms with Gasteiger partial charge in [-0.3, -0.25) is 9.88 Å². The van der Waals surface area contributed by atoms with Gasteiger partial charge in [0.05, 0.1) is 24.7 Å². The van der Waals surface area contributed by atoms with Gasteiger partial charge in [-0.1, -0.05) is 6.07 Å². The van der Waals surface area contributed by atoms with Crippen LogP contribution < -0.4 is 4.90 Å². The van der Waals surface area contributed by atoms with E-state index in [2.05, 4.69) is 35.9 Å². The van der Waals surface area contributed by atoms with E-state index in [0.717, 1.165) is 49.6 Å². The van der Waals surface area contributed by atoms with E-state index in [0.29, 0.717) is 6.54 Å². The summed E-state index contributed by atoms with van der Waals surface area (Å²) in [4.78, 5) is 17.7. The van der Waals surface area contributed by atoms with Crippen molar-refractivity contribution in [1.82, 2.24) is 29.6 Å². The third-order valence-electron chi connectivity index (χ3n) is 4.53. The summed E-state index contributed by atoms with van der Waals surface area (Å²) in [5.41, 5.74) is 2.02. The van der Waals surface area contributed by atoms with Gasteiger partial charge in [-0.2, -0.15) is 5.10 Å². The van der Waals surface area contributed by atoms with Crippen LogP contribution in [0, 0.1) is 0 Å². The summed E-state index contributed by atoms with van der Waals surface area (Å²) >= 11 is 0. The van der Waals surface area contributed by atoms with Crippen molar-refractivity contribution < 1.29 is 5.11 Å². The van der Waals surface area contributed by atoms with Gasteiger partial charge in [-0.15, -0.1) is 0 Å². The van der Waals surface area contributed by atoms with Gasteiger partial charge >= 0.3 is 0 Å². The number of aliphatic hydroxyl groups excluding tert-OH is 1. The van der Waals surface area contributed by atoms with Crippen molar-refractivity contribution in [3.63, 3.8) is 0 Å². The minimum atomic E-state index is 0.0448. The highest BCUT2D eigenvalue weighted by molar-refractivity contribution is 5.86. The molecule has 0 saturated carbocycles. The highest BCUT2D eigenvalue weighted by atomic mass is 16.3. The van der Waals surface area contributed by atoms with Crippen LogP contribution in [0.4, 0.5) is 5.82 Å². The molecule has 1 aliphatic rings. The van der Waals surface area contributed by atoms with Gasteiger partial charge < -0.3 is 10.0 Å². The lowest BCUT2D eigenvalue weighted by molar-refractivity contribution is 0.249. The van der Waals surface area contributed by atoms with Crippen molar-refractivity contribution in [1.29, 1.82) is 0 Å². The summed E-state index contributed by atoms with van der Waals surface area (Å²) in [5.74, 6) is 0.926. The van der Waals surface area contributed by atoms with Crippen LogP contribution >= 0.6 is 0 Å². The van der Waals surface area contributed by atoms with Gasteiger partial charge in [0.15, 0.2) is 5.65 Å². The highest BCUT2D eigenvalue weighted by Crippen LogP contribution is 2.23. The van der Waals surface area contributed by atoms with Gasteiger partial charge in [0.1, 0.15) is 12.1 Å². The van der Waals surface area contributed by atoms with E-state index in [9.17, 15) is 0 Å². The van der Waals surface area contributed by atoms with Crippen LogP contribution in [0.1, 0.15) is 5.56 Å². The van der Waals surface area contributed by atoms with Crippen molar-refractivity contribution in [3.05, 3.63) is 42.6 Å². The topological polar surface area (TPSA) is 83.2 Å². The Morgan fingerprint density at radius 2 is 1.96 bits per heavy atom. The van der Waals surface area contributed by atoms with Crippen LogP contribution in [0.5, 0.6) is 0 Å². The number of piperazine rings is 1. The Kier molecular flexibility index (Phi) is 4.53. The van der Waals surface area contributed by atoms with E-state index < -0.39 is 0 Å². The molecule has 3 aromatic heterocycles. The van der Waals surface area contributed by atoms with Gasteiger partial charge in [-0.25, -0.2) is 14.6 Å². The number of fused-ring (bicyclic) bond motifs is 1. The van der Waals surface area contributed by atoms with Crippen LogP contribution in [0.2, 0.25) is 0 Å². The minimum Gasteiger partial charge on any atom is -0.394 e. The maximum Gasteiger partial charge on any atom is 0.163 e. The largest absolute Gasteiger partial charge is 0.394 e. The molecular weight excluding hydrogens is 318 g/mol. The van der Waals surface area contributed by atoms with Crippen LogP contribution in [0.25, 0.3) is 11.0 Å². The van der Waals surface area contributed by atoms with E-state index in [1.807, 2.05) is 12.3 Å². The first kappa shape index (κ1) is 15.9. The lowest BCUT2D eigenvalue weighted by atomic mass is 10.2. The first-order valence-electron chi connectivity index (χ1n) is 8.49. The molecule has 25 heavy (non-hydrogen) atoms. The van der Waals surface area contributed by atoms with Crippen LogP contribution in [0.3, 0.4) is 0 Å². The molecule has 0 atom stereocenters. The molecule has 1 N–H and O–H groups in total. The minimum absolute atomic E-state index is 0.0448. The Balaban J connectivity index is 1.46. The molecule has 0 aliphatic carbocycles. The number of anilines is 1. The predicted molar refractivity (Wildman–Crippen MR) is 94.1 cm³/mol. The van der Waals surface area contributed by atoms with E-state index >= 15 is 0 Å². The zero-order chi connectivity index (χ0) is 17.1. The summed E-state index contributed by atoms with van der Waals surface area (Å²) in [7, 11) is 0. The average Bonchev–Trinajstić information content (AvgIpc) is 3.07. The Bertz CT molecular complexity index is 827. The van der Waals surface area contributed by atoms with Crippen molar-refractivity contribution in [2.45, 2.75) is 13.1 Å². The SMILES string of the molecule is OCCn1ncc2c(N3CCN(Cc4cccnc4)CC3)ncnc21. The molecule has 0 amide bonds. The molecular formula is C17H21N7O. The first-order chi connectivity index (χ1) is 12.3. The molecule has 0 aromatic carbocycles. The van der Waals surface area contributed by atoms with E-state index in [4.69, 9.17) is 5.11 Å². The Morgan fingerprint density at radius 3 is 2.72 bits per heavy atom. The Morgan fingerprint density at radius 1 is 1.08 bits per heavy atom. The van der Waals surface area contributed by atoms with Crippen molar-refractivity contribution in [2.75, 3.05) is 37.7 Å². The maximum atomic E-state index is 9.14. The normalized spacial score (nSPS) is 15.8. The zero-order valence-corrected chi connectivity index (χ0v) is 14.0. The van der Waals surface area contributed by atoms with Crippen molar-refractivity contribution in [2.24, 2.45) is 0 Å². The summed E-state index contributed by atoms with van der Waals surface area (Å²) in [5, 5.41) is 14.4. The Hall–Kier alpha value is -2.58. The number of aliphatic hydroxyl groups is 1. The molecule has 8 nitrogen and oxygen atoms in total. The van der Waals surface area contributed by atoms with E-state index in [-0.39, 0.29) is 6.61 Å². The number of rotatable bonds is 5. The lowest BCUT2D eigenvalue weighted by Gasteiger charge is -2.35. The highest BCUT2D eigenvalue weighted by Gasteiger charge is 2.21. The van der Waals surface area contributed by atoms with Crippen LogP contribution in [0.15, 0.2) is 37.1 Å².